The molecule has 1 heterocycles. The SMILES string of the molecule is C=Cn1cc[n+](CC(C)(F)F)c1.F[P-](F)(F)(F)(F)F. The molecule has 0 fully saturated rings. The van der Waals surface area contributed by atoms with Crippen LogP contribution in [0.5, 0.6) is 0 Å². The van der Waals surface area contributed by atoms with Crippen LogP contribution in [0.3, 0.4) is 0 Å². The van der Waals surface area contributed by atoms with Gasteiger partial charge in [-0.15, -0.1) is 0 Å². The third-order valence-corrected chi connectivity index (χ3v) is 1.38. The number of halogens is 8. The average Bonchev–Trinajstić information content (AvgIpc) is 2.42. The van der Waals surface area contributed by atoms with Gasteiger partial charge in [0.1, 0.15) is 12.4 Å². The number of hydrogen-bond donors (Lipinski definition) is 0. The van der Waals surface area contributed by atoms with E-state index in [1.54, 1.807) is 29.5 Å². The fourth-order valence-electron chi connectivity index (χ4n) is 0.933. The molecule has 2 nitrogen and oxygen atoms in total. The van der Waals surface area contributed by atoms with E-state index in [-0.39, 0.29) is 6.54 Å². The Hall–Kier alpha value is -1.18. The number of nitrogens with zero attached hydrogens (tertiary/aromatic N) is 2. The van der Waals surface area contributed by atoms with Crippen LogP contribution >= 0.6 is 7.81 Å². The van der Waals surface area contributed by atoms with Gasteiger partial charge < -0.3 is 0 Å². The van der Waals surface area contributed by atoms with E-state index in [1.807, 2.05) is 0 Å². The van der Waals surface area contributed by atoms with Gasteiger partial charge in [-0.05, 0) is 0 Å². The molecule has 0 aliphatic heterocycles. The van der Waals surface area contributed by atoms with Crippen LogP contribution in [0.4, 0.5) is 34.0 Å². The predicted octanol–water partition coefficient (Wildman–Crippen LogP) is 4.91. The van der Waals surface area contributed by atoms with E-state index in [1.165, 1.54) is 4.57 Å². The molecule has 0 aliphatic rings. The summed E-state index contributed by atoms with van der Waals surface area (Å²) in [4.78, 5) is 0. The van der Waals surface area contributed by atoms with Crippen molar-refractivity contribution >= 4 is 14.0 Å². The molecule has 1 rings (SSSR count). The van der Waals surface area contributed by atoms with Crippen molar-refractivity contribution in [3.05, 3.63) is 25.3 Å². The van der Waals surface area contributed by atoms with Crippen LogP contribution in [0, 0.1) is 0 Å². The van der Waals surface area contributed by atoms with Crippen molar-refractivity contribution in [2.45, 2.75) is 19.4 Å². The number of hydrogen-bond acceptors (Lipinski definition) is 0. The fraction of sp³-hybridized carbons (Fsp3) is 0.375. The van der Waals surface area contributed by atoms with E-state index >= 15 is 0 Å². The number of imidazole rings is 1. The van der Waals surface area contributed by atoms with Gasteiger partial charge in [0.15, 0.2) is 6.54 Å². The Morgan fingerprint density at radius 3 is 1.89 bits per heavy atom. The van der Waals surface area contributed by atoms with Crippen LogP contribution in [0.15, 0.2) is 25.3 Å². The van der Waals surface area contributed by atoms with Gasteiger partial charge in [-0.2, -0.15) is 0 Å². The van der Waals surface area contributed by atoms with Crippen molar-refractivity contribution in [2.75, 3.05) is 0 Å². The van der Waals surface area contributed by atoms with Crippen LogP contribution < -0.4 is 4.57 Å². The van der Waals surface area contributed by atoms with Crippen molar-refractivity contribution < 1.29 is 38.5 Å². The molecule has 0 spiro atoms. The Labute approximate surface area is 103 Å². The molecule has 0 amide bonds. The second-order valence-electron chi connectivity index (χ2n) is 3.74. The summed E-state index contributed by atoms with van der Waals surface area (Å²) in [5.41, 5.74) is 0. The van der Waals surface area contributed by atoms with Gasteiger partial charge in [0.2, 0.25) is 6.33 Å². The Bertz CT molecular complexity index is 429. The molecule has 0 saturated heterocycles. The molecule has 0 bridgehead atoms. The van der Waals surface area contributed by atoms with Gasteiger partial charge in [-0.1, -0.05) is 6.58 Å². The normalized spacial score (nSPS) is 15.8. The minimum atomic E-state index is -10.7. The predicted molar refractivity (Wildman–Crippen MR) is 55.2 cm³/mol. The molecule has 0 unspecified atom stereocenters. The molecule has 19 heavy (non-hydrogen) atoms. The first kappa shape index (κ1) is 17.8. The van der Waals surface area contributed by atoms with Crippen molar-refractivity contribution in [3.63, 3.8) is 0 Å². The van der Waals surface area contributed by atoms with Crippen molar-refractivity contribution in [1.29, 1.82) is 0 Å². The maximum atomic E-state index is 12.5. The summed E-state index contributed by atoms with van der Waals surface area (Å²) in [6.45, 7) is 4.10. The molecular formula is C8H11F8N2P. The van der Waals surface area contributed by atoms with Gasteiger partial charge in [0, 0.05) is 6.92 Å². The van der Waals surface area contributed by atoms with Gasteiger partial charge in [-0.3, -0.25) is 0 Å². The van der Waals surface area contributed by atoms with Crippen molar-refractivity contribution in [2.24, 2.45) is 0 Å². The molecule has 0 aromatic carbocycles. The van der Waals surface area contributed by atoms with Crippen molar-refractivity contribution in [3.8, 4) is 0 Å². The number of rotatable bonds is 3. The standard InChI is InChI=1S/C8H11F2N2.F6P/c1-3-11-4-5-12(7-11)6-8(2,9)10;1-7(2,3,4,5)6/h3-5,7H,1,6H2,2H3;/q+1;-1. The summed E-state index contributed by atoms with van der Waals surface area (Å²) in [5, 5.41) is 0. The summed E-state index contributed by atoms with van der Waals surface area (Å²) >= 11 is 0. The summed E-state index contributed by atoms with van der Waals surface area (Å²) in [6, 6.07) is 0. The third-order valence-electron chi connectivity index (χ3n) is 1.38. The maximum absolute atomic E-state index is 12.5. The Balaban J connectivity index is 0.000000399. The molecule has 0 aliphatic carbocycles. The third kappa shape index (κ3) is 16.8. The van der Waals surface area contributed by atoms with Crippen LogP contribution in [0.2, 0.25) is 0 Å². The van der Waals surface area contributed by atoms with Crippen LogP contribution in [-0.4, -0.2) is 10.5 Å². The molecule has 0 saturated carbocycles. The topological polar surface area (TPSA) is 8.81 Å². The first-order chi connectivity index (χ1) is 7.96. The van der Waals surface area contributed by atoms with E-state index in [0.717, 1.165) is 6.92 Å². The number of alkyl halides is 2. The van der Waals surface area contributed by atoms with Gasteiger partial charge in [-0.25, -0.2) is 17.9 Å². The molecule has 0 N–H and O–H groups in total. The molecule has 0 atom stereocenters. The quantitative estimate of drug-likeness (QED) is 0.425. The summed E-state index contributed by atoms with van der Waals surface area (Å²) < 4.78 is 87.2. The molecule has 1 aromatic rings. The van der Waals surface area contributed by atoms with Crippen LogP contribution in [0.25, 0.3) is 6.20 Å². The summed E-state index contributed by atoms with van der Waals surface area (Å²) in [5.74, 6) is -2.67. The Morgan fingerprint density at radius 1 is 1.21 bits per heavy atom. The molecule has 114 valence electrons. The van der Waals surface area contributed by atoms with Crippen LogP contribution in [0.1, 0.15) is 6.92 Å². The second-order valence-corrected chi connectivity index (χ2v) is 5.66. The fourth-order valence-corrected chi connectivity index (χ4v) is 0.933. The zero-order chi connectivity index (χ0) is 15.6. The van der Waals surface area contributed by atoms with E-state index in [9.17, 15) is 34.0 Å². The second kappa shape index (κ2) is 4.43. The van der Waals surface area contributed by atoms with Gasteiger partial charge in [0.25, 0.3) is 5.92 Å². The van der Waals surface area contributed by atoms with E-state index in [0.29, 0.717) is 0 Å². The molecular weight excluding hydrogens is 307 g/mol. The van der Waals surface area contributed by atoms with Crippen molar-refractivity contribution in [1.82, 2.24) is 4.57 Å². The minimum absolute atomic E-state index is 0.298. The van der Waals surface area contributed by atoms with E-state index < -0.39 is 13.7 Å². The van der Waals surface area contributed by atoms with Crippen LogP contribution in [-0.2, 0) is 6.54 Å². The van der Waals surface area contributed by atoms with Gasteiger partial charge in [0.05, 0.1) is 6.20 Å². The molecule has 0 radical (unpaired) electrons. The Kier molecular flexibility index (Phi) is 4.16. The van der Waals surface area contributed by atoms with E-state index in [4.69, 9.17) is 0 Å². The zero-order valence-electron chi connectivity index (χ0n) is 9.59. The Morgan fingerprint density at radius 2 is 1.63 bits per heavy atom. The summed E-state index contributed by atoms with van der Waals surface area (Å²) in [7, 11) is -10.7. The first-order valence-corrected chi connectivity index (χ1v) is 6.62. The monoisotopic (exact) mass is 318 g/mol. The zero-order valence-corrected chi connectivity index (χ0v) is 10.5. The summed E-state index contributed by atoms with van der Waals surface area (Å²) in [6.07, 6.45) is 6.35. The van der Waals surface area contributed by atoms with E-state index in [2.05, 4.69) is 6.58 Å². The van der Waals surface area contributed by atoms with Gasteiger partial charge >= 0.3 is 33.0 Å². The molecule has 11 heteroatoms. The first-order valence-electron chi connectivity index (χ1n) is 4.59. The number of aromatic nitrogens is 2. The average molecular weight is 318 g/mol. The molecule has 1 aromatic heterocycles.